The summed E-state index contributed by atoms with van der Waals surface area (Å²) in [5.41, 5.74) is 1.23. The van der Waals surface area contributed by atoms with Crippen LogP contribution < -0.4 is 0 Å². The second-order valence-corrected chi connectivity index (χ2v) is 6.36. The van der Waals surface area contributed by atoms with E-state index in [1.165, 1.54) is 23.8 Å². The summed E-state index contributed by atoms with van der Waals surface area (Å²) in [7, 11) is 1.95. The maximum absolute atomic E-state index is 13.8. The summed E-state index contributed by atoms with van der Waals surface area (Å²) < 4.78 is 27.6. The average molecular weight is 348 g/mol. The Labute approximate surface area is 148 Å². The Hall–Kier alpha value is -1.82. The van der Waals surface area contributed by atoms with Crippen LogP contribution in [0.2, 0.25) is 0 Å². The number of likely N-dealkylation sites (N-methyl/N-ethyl adjacent to an activating group) is 2. The van der Waals surface area contributed by atoms with Gasteiger partial charge in [-0.25, -0.2) is 8.78 Å². The van der Waals surface area contributed by atoms with Gasteiger partial charge >= 0.3 is 0 Å². The molecule has 136 valence electrons. The topological polar surface area (TPSA) is 26.7 Å². The molecule has 3 nitrogen and oxygen atoms in total. The fraction of sp³-hybridized carbons (Fsp3) is 0.400. The average Bonchev–Trinajstić information content (AvgIpc) is 2.58. The van der Waals surface area contributed by atoms with Crippen molar-refractivity contribution in [3.05, 3.63) is 71.3 Å². The van der Waals surface area contributed by atoms with Gasteiger partial charge in [-0.1, -0.05) is 43.3 Å². The molecule has 1 N–H and O–H groups in total. The summed E-state index contributed by atoms with van der Waals surface area (Å²) >= 11 is 0. The molecule has 5 heteroatoms. The van der Waals surface area contributed by atoms with Gasteiger partial charge in [-0.15, -0.1) is 0 Å². The van der Waals surface area contributed by atoms with Crippen molar-refractivity contribution in [2.75, 3.05) is 26.7 Å². The van der Waals surface area contributed by atoms with E-state index in [4.69, 9.17) is 0 Å². The summed E-state index contributed by atoms with van der Waals surface area (Å²) in [5, 5.41) is 10.3. The van der Waals surface area contributed by atoms with Crippen molar-refractivity contribution < 1.29 is 13.9 Å². The minimum absolute atomic E-state index is 0.0502. The van der Waals surface area contributed by atoms with E-state index in [1.54, 1.807) is 0 Å². The number of nitrogens with zero attached hydrogens (tertiary/aromatic N) is 2. The van der Waals surface area contributed by atoms with E-state index in [9.17, 15) is 13.9 Å². The number of aliphatic hydroxyl groups is 1. The van der Waals surface area contributed by atoms with Crippen LogP contribution in [0.4, 0.5) is 8.78 Å². The van der Waals surface area contributed by atoms with Gasteiger partial charge in [0.15, 0.2) is 0 Å². The highest BCUT2D eigenvalue weighted by Crippen LogP contribution is 2.15. The lowest BCUT2D eigenvalue weighted by Crippen LogP contribution is -2.38. The minimum atomic E-state index is -0.594. The van der Waals surface area contributed by atoms with Gasteiger partial charge in [0, 0.05) is 31.7 Å². The van der Waals surface area contributed by atoms with Crippen molar-refractivity contribution in [1.29, 1.82) is 0 Å². The fourth-order valence-electron chi connectivity index (χ4n) is 2.89. The molecule has 0 saturated heterocycles. The van der Waals surface area contributed by atoms with Crippen LogP contribution in [0.3, 0.4) is 0 Å². The summed E-state index contributed by atoms with van der Waals surface area (Å²) in [4.78, 5) is 3.89. The molecule has 0 bridgehead atoms. The molecule has 25 heavy (non-hydrogen) atoms. The van der Waals surface area contributed by atoms with Gasteiger partial charge < -0.3 is 5.11 Å². The summed E-state index contributed by atoms with van der Waals surface area (Å²) in [5.74, 6) is -1.09. The van der Waals surface area contributed by atoms with Crippen molar-refractivity contribution >= 4 is 0 Å². The molecule has 0 amide bonds. The first-order valence-electron chi connectivity index (χ1n) is 8.55. The molecule has 0 spiro atoms. The van der Waals surface area contributed by atoms with Gasteiger partial charge in [-0.05, 0) is 31.3 Å². The van der Waals surface area contributed by atoms with Crippen LogP contribution >= 0.6 is 0 Å². The molecule has 0 heterocycles. The number of rotatable bonds is 9. The highest BCUT2D eigenvalue weighted by molar-refractivity contribution is 5.19. The number of hydrogen-bond acceptors (Lipinski definition) is 3. The first-order valence-corrected chi connectivity index (χ1v) is 8.55. The Morgan fingerprint density at radius 2 is 1.56 bits per heavy atom. The fourth-order valence-corrected chi connectivity index (χ4v) is 2.89. The third kappa shape index (κ3) is 6.20. The predicted molar refractivity (Wildman–Crippen MR) is 96.1 cm³/mol. The molecule has 0 radical (unpaired) electrons. The second-order valence-electron chi connectivity index (χ2n) is 6.36. The van der Waals surface area contributed by atoms with E-state index in [2.05, 4.69) is 0 Å². The van der Waals surface area contributed by atoms with Crippen LogP contribution in [0.15, 0.2) is 48.5 Å². The van der Waals surface area contributed by atoms with Gasteiger partial charge in [0.2, 0.25) is 0 Å². The van der Waals surface area contributed by atoms with Crippen LogP contribution in [-0.4, -0.2) is 47.7 Å². The molecule has 2 aromatic carbocycles. The Morgan fingerprint density at radius 3 is 2.16 bits per heavy atom. The highest BCUT2D eigenvalue weighted by atomic mass is 19.1. The standard InChI is InChI=1S/C20H26F2N2O/c1-3-24(15-18-19(21)10-7-11-20(18)22)14-17(25)13-23(2)12-16-8-5-4-6-9-16/h4-11,17,25H,3,12-15H2,1-2H3. The van der Waals surface area contributed by atoms with Gasteiger partial charge in [0.25, 0.3) is 0 Å². The van der Waals surface area contributed by atoms with E-state index in [1.807, 2.05) is 54.1 Å². The van der Waals surface area contributed by atoms with Crippen LogP contribution in [0, 0.1) is 11.6 Å². The molecule has 2 aromatic rings. The maximum Gasteiger partial charge on any atom is 0.130 e. The largest absolute Gasteiger partial charge is 0.390 e. The molecule has 0 aliphatic heterocycles. The van der Waals surface area contributed by atoms with Crippen molar-refractivity contribution in [1.82, 2.24) is 9.80 Å². The van der Waals surface area contributed by atoms with E-state index in [-0.39, 0.29) is 12.1 Å². The molecule has 0 fully saturated rings. The Morgan fingerprint density at radius 1 is 0.920 bits per heavy atom. The quantitative estimate of drug-likeness (QED) is 0.753. The third-order valence-electron chi connectivity index (χ3n) is 4.18. The lowest BCUT2D eigenvalue weighted by atomic mass is 10.1. The first-order chi connectivity index (χ1) is 12.0. The van der Waals surface area contributed by atoms with E-state index in [0.29, 0.717) is 19.6 Å². The molecule has 1 atom stereocenters. The monoisotopic (exact) mass is 348 g/mol. The van der Waals surface area contributed by atoms with E-state index in [0.717, 1.165) is 6.54 Å². The van der Waals surface area contributed by atoms with Crippen LogP contribution in [0.5, 0.6) is 0 Å². The van der Waals surface area contributed by atoms with Crippen molar-refractivity contribution in [2.45, 2.75) is 26.1 Å². The number of halogens is 2. The van der Waals surface area contributed by atoms with E-state index >= 15 is 0 Å². The summed E-state index contributed by atoms with van der Waals surface area (Å²) in [6.07, 6.45) is -0.594. The maximum atomic E-state index is 13.8. The lowest BCUT2D eigenvalue weighted by Gasteiger charge is -2.27. The number of hydrogen-bond donors (Lipinski definition) is 1. The zero-order valence-corrected chi connectivity index (χ0v) is 14.8. The molecule has 2 rings (SSSR count). The Bertz CT molecular complexity index is 631. The van der Waals surface area contributed by atoms with Gasteiger partial charge in [-0.2, -0.15) is 0 Å². The Balaban J connectivity index is 1.87. The predicted octanol–water partition coefficient (Wildman–Crippen LogP) is 3.28. The number of benzene rings is 2. The molecule has 0 aliphatic rings. The zero-order chi connectivity index (χ0) is 18.2. The highest BCUT2D eigenvalue weighted by Gasteiger charge is 2.16. The number of aliphatic hydroxyl groups excluding tert-OH is 1. The van der Waals surface area contributed by atoms with Gasteiger partial charge in [0.05, 0.1) is 6.10 Å². The van der Waals surface area contributed by atoms with Gasteiger partial charge in [0.1, 0.15) is 11.6 Å². The first kappa shape index (κ1) is 19.5. The Kier molecular flexibility index (Phi) is 7.50. The zero-order valence-electron chi connectivity index (χ0n) is 14.8. The van der Waals surface area contributed by atoms with E-state index < -0.39 is 17.7 Å². The molecule has 0 saturated carbocycles. The minimum Gasteiger partial charge on any atom is -0.390 e. The molecular weight excluding hydrogens is 322 g/mol. The molecular formula is C20H26F2N2O. The normalized spacial score (nSPS) is 12.8. The van der Waals surface area contributed by atoms with Crippen molar-refractivity contribution in [3.8, 4) is 0 Å². The molecule has 1 unspecified atom stereocenters. The van der Waals surface area contributed by atoms with Crippen molar-refractivity contribution in [3.63, 3.8) is 0 Å². The van der Waals surface area contributed by atoms with Crippen molar-refractivity contribution in [2.24, 2.45) is 0 Å². The second kappa shape index (κ2) is 9.61. The molecule has 0 aliphatic carbocycles. The molecule has 0 aromatic heterocycles. The summed E-state index contributed by atoms with van der Waals surface area (Å²) in [6.45, 7) is 4.27. The smallest absolute Gasteiger partial charge is 0.130 e. The van der Waals surface area contributed by atoms with Crippen LogP contribution in [-0.2, 0) is 13.1 Å². The third-order valence-corrected chi connectivity index (χ3v) is 4.18. The summed E-state index contributed by atoms with van der Waals surface area (Å²) in [6, 6.07) is 13.9. The van der Waals surface area contributed by atoms with Crippen LogP contribution in [0.25, 0.3) is 0 Å². The SMILES string of the molecule is CCN(Cc1c(F)cccc1F)CC(O)CN(C)Cc1ccccc1. The van der Waals surface area contributed by atoms with Gasteiger partial charge in [-0.3, -0.25) is 9.80 Å². The van der Waals surface area contributed by atoms with Crippen LogP contribution in [0.1, 0.15) is 18.1 Å². The lowest BCUT2D eigenvalue weighted by molar-refractivity contribution is 0.0782.